The number of carbonyl (C=O) groups is 1. The number of ether oxygens (including phenoxy) is 2. The number of nitrogens with zero attached hydrogens (tertiary/aromatic N) is 2. The molecule has 0 saturated heterocycles. The van der Waals surface area contributed by atoms with Gasteiger partial charge in [0.1, 0.15) is 0 Å². The number of rotatable bonds is 6. The molecule has 0 aliphatic heterocycles. The molecule has 21 heavy (non-hydrogen) atoms. The number of benzene rings is 1. The summed E-state index contributed by atoms with van der Waals surface area (Å²) in [4.78, 5) is 21.6. The second-order valence-corrected chi connectivity index (χ2v) is 4.27. The molecule has 0 bridgehead atoms. The van der Waals surface area contributed by atoms with E-state index in [1.807, 2.05) is 0 Å². The van der Waals surface area contributed by atoms with E-state index >= 15 is 0 Å². The first-order valence-corrected chi connectivity index (χ1v) is 6.10. The van der Waals surface area contributed by atoms with Gasteiger partial charge in [-0.15, -0.1) is 0 Å². The number of aromatic nitrogens is 1. The lowest BCUT2D eigenvalue weighted by Crippen LogP contribution is -2.06. The van der Waals surface area contributed by atoms with E-state index in [9.17, 15) is 14.9 Å². The molecular weight excluding hydrogens is 276 g/mol. The largest absolute Gasteiger partial charge is 0.493 e. The highest BCUT2D eigenvalue weighted by molar-refractivity contribution is 5.72. The fourth-order valence-electron chi connectivity index (χ4n) is 2.07. The van der Waals surface area contributed by atoms with Crippen molar-refractivity contribution in [1.29, 1.82) is 0 Å². The van der Waals surface area contributed by atoms with Crippen LogP contribution >= 0.6 is 0 Å². The normalized spacial score (nSPS) is 10.2. The van der Waals surface area contributed by atoms with Gasteiger partial charge in [0.25, 0.3) is 5.69 Å². The third-order valence-electron chi connectivity index (χ3n) is 3.11. The van der Waals surface area contributed by atoms with E-state index in [-0.39, 0.29) is 18.0 Å². The van der Waals surface area contributed by atoms with Gasteiger partial charge in [0, 0.05) is 6.20 Å². The zero-order valence-corrected chi connectivity index (χ0v) is 11.6. The van der Waals surface area contributed by atoms with Crippen molar-refractivity contribution in [2.75, 3.05) is 14.2 Å². The van der Waals surface area contributed by atoms with E-state index < -0.39 is 4.92 Å². The van der Waals surface area contributed by atoms with Gasteiger partial charge >= 0.3 is 0 Å². The fraction of sp³-hybridized carbons (Fsp3) is 0.214. The Hall–Kier alpha value is -2.83. The van der Waals surface area contributed by atoms with E-state index in [0.717, 1.165) is 0 Å². The Morgan fingerprint density at radius 1 is 1.29 bits per heavy atom. The molecule has 7 nitrogen and oxygen atoms in total. The van der Waals surface area contributed by atoms with Crippen LogP contribution in [0.15, 0.2) is 30.5 Å². The summed E-state index contributed by atoms with van der Waals surface area (Å²) in [7, 11) is 2.87. The zero-order valence-electron chi connectivity index (χ0n) is 11.6. The average molecular weight is 290 g/mol. The molecule has 0 spiro atoms. The summed E-state index contributed by atoms with van der Waals surface area (Å²) in [6.07, 6.45) is 2.39. The Kier molecular flexibility index (Phi) is 4.22. The first-order chi connectivity index (χ1) is 10.1. The van der Waals surface area contributed by atoms with Crippen LogP contribution in [0, 0.1) is 10.1 Å². The van der Waals surface area contributed by atoms with E-state index in [0.29, 0.717) is 23.3 Å². The van der Waals surface area contributed by atoms with Crippen LogP contribution in [-0.4, -0.2) is 30.0 Å². The summed E-state index contributed by atoms with van der Waals surface area (Å²) in [5.74, 6) is 0.689. The topological polar surface area (TPSA) is 83.6 Å². The van der Waals surface area contributed by atoms with Gasteiger partial charge in [-0.2, -0.15) is 0 Å². The van der Waals surface area contributed by atoms with Gasteiger partial charge in [-0.25, -0.2) is 0 Å². The van der Waals surface area contributed by atoms with Gasteiger partial charge in [0.2, 0.25) is 0 Å². The molecule has 0 radical (unpaired) electrons. The number of nitro groups is 1. The van der Waals surface area contributed by atoms with E-state index in [2.05, 4.69) is 0 Å². The summed E-state index contributed by atoms with van der Waals surface area (Å²) in [5.41, 5.74) is 0.786. The minimum atomic E-state index is -0.485. The molecule has 0 saturated carbocycles. The Morgan fingerprint density at radius 3 is 2.52 bits per heavy atom. The molecule has 0 amide bonds. The van der Waals surface area contributed by atoms with Crippen molar-refractivity contribution < 1.29 is 19.2 Å². The zero-order chi connectivity index (χ0) is 15.4. The van der Waals surface area contributed by atoms with Crippen LogP contribution in [0.25, 0.3) is 0 Å². The van der Waals surface area contributed by atoms with Crippen LogP contribution < -0.4 is 9.47 Å². The number of aldehydes is 1. The molecule has 0 aliphatic carbocycles. The summed E-state index contributed by atoms with van der Waals surface area (Å²) in [6, 6.07) is 6.21. The van der Waals surface area contributed by atoms with Crippen molar-refractivity contribution >= 4 is 12.0 Å². The summed E-state index contributed by atoms with van der Waals surface area (Å²) in [5, 5.41) is 11.2. The van der Waals surface area contributed by atoms with Crippen molar-refractivity contribution in [2.24, 2.45) is 0 Å². The van der Waals surface area contributed by atoms with Crippen LogP contribution in [0.1, 0.15) is 16.1 Å². The van der Waals surface area contributed by atoms with Gasteiger partial charge in [0.05, 0.1) is 43.0 Å². The highest BCUT2D eigenvalue weighted by Gasteiger charge is 2.20. The van der Waals surface area contributed by atoms with Crippen molar-refractivity contribution in [3.05, 3.63) is 51.8 Å². The molecule has 110 valence electrons. The molecular formula is C14H14N2O5. The monoisotopic (exact) mass is 290 g/mol. The SMILES string of the molecule is COc1cc(Cn2cccc2C=O)c([N+](=O)[O-])cc1OC. The molecule has 0 unspecified atom stereocenters. The molecule has 0 fully saturated rings. The molecule has 2 rings (SSSR count). The maximum Gasteiger partial charge on any atom is 0.278 e. The standard InChI is InChI=1S/C14H14N2O5/c1-20-13-6-10(8-15-5-3-4-11(15)9-17)12(16(18)19)7-14(13)21-2/h3-7,9H,8H2,1-2H3. The van der Waals surface area contributed by atoms with Gasteiger partial charge in [-0.1, -0.05) is 0 Å². The first-order valence-electron chi connectivity index (χ1n) is 6.10. The number of methoxy groups -OCH3 is 2. The predicted molar refractivity (Wildman–Crippen MR) is 75.1 cm³/mol. The van der Waals surface area contributed by atoms with Gasteiger partial charge in [0.15, 0.2) is 17.8 Å². The summed E-state index contributed by atoms with van der Waals surface area (Å²) >= 11 is 0. The first kappa shape index (κ1) is 14.6. The molecule has 1 aromatic heterocycles. The van der Waals surface area contributed by atoms with Crippen LogP contribution in [0.3, 0.4) is 0 Å². The average Bonchev–Trinajstić information content (AvgIpc) is 2.93. The number of hydrogen-bond donors (Lipinski definition) is 0. The van der Waals surface area contributed by atoms with Crippen LogP contribution in [-0.2, 0) is 6.54 Å². The van der Waals surface area contributed by atoms with E-state index in [1.165, 1.54) is 20.3 Å². The highest BCUT2D eigenvalue weighted by Crippen LogP contribution is 2.34. The van der Waals surface area contributed by atoms with E-state index in [4.69, 9.17) is 9.47 Å². The minimum Gasteiger partial charge on any atom is -0.493 e. The maximum atomic E-state index is 11.2. The van der Waals surface area contributed by atoms with Crippen molar-refractivity contribution in [1.82, 2.24) is 4.57 Å². The molecule has 0 N–H and O–H groups in total. The van der Waals surface area contributed by atoms with Crippen LogP contribution in [0.5, 0.6) is 11.5 Å². The lowest BCUT2D eigenvalue weighted by molar-refractivity contribution is -0.385. The van der Waals surface area contributed by atoms with Crippen molar-refractivity contribution in [3.8, 4) is 11.5 Å². The van der Waals surface area contributed by atoms with Gasteiger partial charge in [-0.05, 0) is 18.2 Å². The van der Waals surface area contributed by atoms with Crippen molar-refractivity contribution in [3.63, 3.8) is 0 Å². The molecule has 2 aromatic rings. The third kappa shape index (κ3) is 2.86. The molecule has 0 aliphatic rings. The third-order valence-corrected chi connectivity index (χ3v) is 3.11. The second kappa shape index (κ2) is 6.08. The predicted octanol–water partition coefficient (Wildman–Crippen LogP) is 2.27. The molecule has 7 heteroatoms. The van der Waals surface area contributed by atoms with Gasteiger partial charge < -0.3 is 14.0 Å². The lowest BCUT2D eigenvalue weighted by atomic mass is 10.1. The molecule has 1 heterocycles. The lowest BCUT2D eigenvalue weighted by Gasteiger charge is -2.11. The molecule has 1 aromatic carbocycles. The van der Waals surface area contributed by atoms with Crippen LogP contribution in [0.2, 0.25) is 0 Å². The smallest absolute Gasteiger partial charge is 0.278 e. The van der Waals surface area contributed by atoms with E-state index in [1.54, 1.807) is 29.0 Å². The van der Waals surface area contributed by atoms with Crippen molar-refractivity contribution in [2.45, 2.75) is 6.54 Å². The number of carbonyl (C=O) groups excluding carboxylic acids is 1. The fourth-order valence-corrected chi connectivity index (χ4v) is 2.07. The summed E-state index contributed by atoms with van der Waals surface area (Å²) in [6.45, 7) is 0.192. The second-order valence-electron chi connectivity index (χ2n) is 4.27. The quantitative estimate of drug-likeness (QED) is 0.463. The van der Waals surface area contributed by atoms with Crippen LogP contribution in [0.4, 0.5) is 5.69 Å². The highest BCUT2D eigenvalue weighted by atomic mass is 16.6. The Morgan fingerprint density at radius 2 is 1.95 bits per heavy atom. The number of nitro benzene ring substituents is 1. The Balaban J connectivity index is 2.50. The summed E-state index contributed by atoms with van der Waals surface area (Å²) < 4.78 is 11.9. The number of hydrogen-bond acceptors (Lipinski definition) is 5. The minimum absolute atomic E-state index is 0.0850. The molecule has 0 atom stereocenters. The van der Waals surface area contributed by atoms with Gasteiger partial charge in [-0.3, -0.25) is 14.9 Å². The Bertz CT molecular complexity index is 678. The Labute approximate surface area is 120 Å². The maximum absolute atomic E-state index is 11.2.